The number of nitrogens with one attached hydrogen (secondary N) is 1. The van der Waals surface area contributed by atoms with E-state index in [0.29, 0.717) is 53.9 Å². The molecule has 0 atom stereocenters. The molecule has 9 nitrogen and oxygen atoms in total. The number of carbonyl (C=O) groups excluding carboxylic acids is 2. The lowest BCUT2D eigenvalue weighted by Gasteiger charge is -2.31. The fourth-order valence-corrected chi connectivity index (χ4v) is 8.19. The maximum Gasteiger partial charge on any atom is 0.355 e. The zero-order valence-electron chi connectivity index (χ0n) is 28.1. The van der Waals surface area contributed by atoms with Crippen molar-refractivity contribution in [1.82, 2.24) is 9.97 Å². The number of rotatable bonds is 11. The van der Waals surface area contributed by atoms with Gasteiger partial charge in [-0.2, -0.15) is 0 Å². The molecule has 1 fully saturated rings. The normalized spacial score (nSPS) is 17.3. The minimum Gasteiger partial charge on any atom is -0.490 e. The average molecular weight is 689 g/mol. The first-order valence-corrected chi connectivity index (χ1v) is 18.2. The Morgan fingerprint density at radius 3 is 2.60 bits per heavy atom. The molecule has 0 spiro atoms. The van der Waals surface area contributed by atoms with Crippen LogP contribution >= 0.6 is 11.3 Å². The van der Waals surface area contributed by atoms with Crippen LogP contribution in [0.25, 0.3) is 21.3 Å². The highest BCUT2D eigenvalue weighted by atomic mass is 32.1. The smallest absolute Gasteiger partial charge is 0.355 e. The molecule has 2 aliphatic rings. The first-order valence-electron chi connectivity index (χ1n) is 17.3. The number of hydrogen-bond acceptors (Lipinski definition) is 8. The van der Waals surface area contributed by atoms with Crippen LogP contribution in [0.2, 0.25) is 0 Å². The fourth-order valence-electron chi connectivity index (χ4n) is 7.33. The number of unbranched alkanes of at least 4 members (excludes halogenated alkanes) is 1. The van der Waals surface area contributed by atoms with Crippen LogP contribution < -0.4 is 15.0 Å². The van der Waals surface area contributed by atoms with Gasteiger partial charge in [-0.1, -0.05) is 54.2 Å². The Labute approximate surface area is 295 Å². The van der Waals surface area contributed by atoms with Crippen molar-refractivity contribution in [3.63, 3.8) is 0 Å². The topological polar surface area (TPSA) is 122 Å². The number of hydrogen-bond donors (Lipinski definition) is 2. The Balaban J connectivity index is 1.08. The molecule has 5 aromatic rings. The Kier molecular flexibility index (Phi) is 9.89. The Morgan fingerprint density at radius 1 is 0.980 bits per heavy atom. The number of fused-ring (bicyclic) bond motifs is 2. The van der Waals surface area contributed by atoms with Crippen molar-refractivity contribution in [1.29, 1.82) is 0 Å². The van der Waals surface area contributed by atoms with Crippen molar-refractivity contribution in [2.75, 3.05) is 16.8 Å². The van der Waals surface area contributed by atoms with Gasteiger partial charge in [0.2, 0.25) is 0 Å². The van der Waals surface area contributed by atoms with E-state index in [-0.39, 0.29) is 17.7 Å². The van der Waals surface area contributed by atoms with Crippen molar-refractivity contribution < 1.29 is 24.2 Å². The molecular formula is C40H40N4O5S. The van der Waals surface area contributed by atoms with E-state index in [1.165, 1.54) is 11.3 Å². The predicted molar refractivity (Wildman–Crippen MR) is 196 cm³/mol. The van der Waals surface area contributed by atoms with Crippen molar-refractivity contribution in [3.05, 3.63) is 101 Å². The molecule has 7 rings (SSSR count). The number of carboxylic acid groups (broad SMARTS) is 1. The second-order valence-electron chi connectivity index (χ2n) is 13.2. The molecule has 3 heterocycles. The van der Waals surface area contributed by atoms with Crippen LogP contribution in [0.1, 0.15) is 82.5 Å². The lowest BCUT2D eigenvalue weighted by Crippen LogP contribution is -2.33. The summed E-state index contributed by atoms with van der Waals surface area (Å²) in [5.41, 5.74) is 5.58. The zero-order chi connectivity index (χ0) is 34.6. The van der Waals surface area contributed by atoms with Gasteiger partial charge in [-0.05, 0) is 110 Å². The van der Waals surface area contributed by atoms with Crippen LogP contribution in [0.4, 0.5) is 10.9 Å². The van der Waals surface area contributed by atoms with Crippen molar-refractivity contribution in [3.8, 4) is 16.9 Å². The molecule has 0 unspecified atom stereocenters. The third kappa shape index (κ3) is 7.12. The Hall–Kier alpha value is -5.09. The maximum absolute atomic E-state index is 13.5. The number of pyridine rings is 1. The highest BCUT2D eigenvalue weighted by Gasteiger charge is 2.27. The van der Waals surface area contributed by atoms with Crippen LogP contribution in [-0.4, -0.2) is 45.9 Å². The summed E-state index contributed by atoms with van der Waals surface area (Å²) < 4.78 is 7.49. The molecule has 1 aliphatic carbocycles. The standard InChI is InChI=1S/C40H40N4O5S/c1-25-29(10-7-13-34(25)49-28-17-15-26(16-18-28)8-4-5-23-45)30-19-20-36(42-37(30)39(47)48)44-22-21-27-9-6-11-31(32(27)24-44)38(46)43-40-41-33-12-2-3-14-35(33)50-40/h2-3,6-7,9-14,19-20,23,26,28H,4-5,8,15-18,21-22,24H2,1H3,(H,47,48)(H,41,43,46)/t26-,28-. The van der Waals surface area contributed by atoms with Gasteiger partial charge in [0.05, 0.1) is 16.3 Å². The summed E-state index contributed by atoms with van der Waals surface area (Å²) in [5.74, 6) is 0.627. The summed E-state index contributed by atoms with van der Waals surface area (Å²) in [7, 11) is 0. The van der Waals surface area contributed by atoms with E-state index in [1.54, 1.807) is 0 Å². The third-order valence-electron chi connectivity index (χ3n) is 10.0. The quantitative estimate of drug-likeness (QED) is 0.105. The fraction of sp³-hybridized carbons (Fsp3) is 0.325. The van der Waals surface area contributed by atoms with Crippen LogP contribution in [0.3, 0.4) is 0 Å². The summed E-state index contributed by atoms with van der Waals surface area (Å²) in [5, 5.41) is 13.9. The van der Waals surface area contributed by atoms with E-state index in [2.05, 4.69) is 10.3 Å². The molecule has 3 aromatic carbocycles. The van der Waals surface area contributed by atoms with Gasteiger partial charge in [0.1, 0.15) is 17.9 Å². The number of amides is 1. The number of benzene rings is 3. The Morgan fingerprint density at radius 2 is 1.80 bits per heavy atom. The second kappa shape index (κ2) is 14.8. The minimum atomic E-state index is -1.10. The lowest BCUT2D eigenvalue weighted by atomic mass is 9.84. The summed E-state index contributed by atoms with van der Waals surface area (Å²) >= 11 is 1.44. The third-order valence-corrected chi connectivity index (χ3v) is 11.0. The number of carboxylic acids is 1. The first-order chi connectivity index (χ1) is 24.4. The number of anilines is 2. The number of thiazole rings is 1. The monoisotopic (exact) mass is 688 g/mol. The molecule has 1 aliphatic heterocycles. The van der Waals surface area contributed by atoms with Crippen LogP contribution in [0, 0.1) is 12.8 Å². The van der Waals surface area contributed by atoms with Crippen molar-refractivity contribution >= 4 is 50.7 Å². The number of nitrogens with zero attached hydrogens (tertiary/aromatic N) is 3. The number of aromatic nitrogens is 2. The zero-order valence-corrected chi connectivity index (χ0v) is 28.9. The summed E-state index contributed by atoms with van der Waals surface area (Å²) in [6.07, 6.45) is 8.60. The largest absolute Gasteiger partial charge is 0.490 e. The molecule has 256 valence electrons. The van der Waals surface area contributed by atoms with E-state index in [4.69, 9.17) is 9.72 Å². The van der Waals surface area contributed by atoms with Gasteiger partial charge >= 0.3 is 5.97 Å². The highest BCUT2D eigenvalue weighted by molar-refractivity contribution is 7.22. The molecule has 1 saturated carbocycles. The van der Waals surface area contributed by atoms with Gasteiger partial charge in [0, 0.05) is 30.6 Å². The van der Waals surface area contributed by atoms with E-state index < -0.39 is 5.97 Å². The van der Waals surface area contributed by atoms with E-state index >= 15 is 0 Å². The maximum atomic E-state index is 13.5. The van der Waals surface area contributed by atoms with Gasteiger partial charge in [-0.3, -0.25) is 10.1 Å². The molecule has 0 radical (unpaired) electrons. The summed E-state index contributed by atoms with van der Waals surface area (Å²) in [4.78, 5) is 48.1. The molecule has 2 aromatic heterocycles. The predicted octanol–water partition coefficient (Wildman–Crippen LogP) is 8.49. The van der Waals surface area contributed by atoms with Crippen LogP contribution in [-0.2, 0) is 17.8 Å². The highest BCUT2D eigenvalue weighted by Crippen LogP contribution is 2.37. The molecule has 2 N–H and O–H groups in total. The SMILES string of the molecule is Cc1c(O[C@H]2CC[C@H](CCCC=O)CC2)cccc1-c1ccc(N2CCc3cccc(C(=O)Nc4nc5ccccc5s4)c3C2)nc1C(=O)O. The molecule has 0 saturated heterocycles. The van der Waals surface area contributed by atoms with Crippen molar-refractivity contribution in [2.45, 2.75) is 70.9 Å². The molecule has 10 heteroatoms. The van der Waals surface area contributed by atoms with Gasteiger partial charge in [-0.25, -0.2) is 14.8 Å². The minimum absolute atomic E-state index is 0.0220. The van der Waals surface area contributed by atoms with Crippen molar-refractivity contribution in [2.24, 2.45) is 5.92 Å². The average Bonchev–Trinajstić information content (AvgIpc) is 3.55. The summed E-state index contributed by atoms with van der Waals surface area (Å²) in [6.45, 7) is 3.03. The number of ether oxygens (including phenoxy) is 1. The first kappa shape index (κ1) is 33.4. The Bertz CT molecular complexity index is 2020. The second-order valence-corrected chi connectivity index (χ2v) is 14.2. The van der Waals surface area contributed by atoms with E-state index in [0.717, 1.165) is 83.0 Å². The molecule has 0 bridgehead atoms. The van der Waals surface area contributed by atoms with E-state index in [1.807, 2.05) is 84.6 Å². The van der Waals surface area contributed by atoms with Gasteiger partial charge in [0.15, 0.2) is 10.8 Å². The molecule has 1 amide bonds. The number of carbonyl (C=O) groups is 3. The summed E-state index contributed by atoms with van der Waals surface area (Å²) in [6, 6.07) is 23.0. The van der Waals surface area contributed by atoms with Gasteiger partial charge < -0.3 is 19.5 Å². The number of aromatic carboxylic acids is 1. The molecule has 50 heavy (non-hydrogen) atoms. The number of para-hydroxylation sites is 1. The van der Waals surface area contributed by atoms with E-state index in [9.17, 15) is 19.5 Å². The van der Waals surface area contributed by atoms with Gasteiger partial charge in [0.25, 0.3) is 5.91 Å². The number of aldehydes is 1. The van der Waals surface area contributed by atoms with Crippen LogP contribution in [0.5, 0.6) is 5.75 Å². The molecular weight excluding hydrogens is 649 g/mol. The lowest BCUT2D eigenvalue weighted by molar-refractivity contribution is -0.108. The van der Waals surface area contributed by atoms with Gasteiger partial charge in [-0.15, -0.1) is 0 Å². The van der Waals surface area contributed by atoms with Crippen LogP contribution in [0.15, 0.2) is 72.8 Å².